The van der Waals surface area contributed by atoms with Crippen LogP contribution >= 0.6 is 0 Å². The van der Waals surface area contributed by atoms with Gasteiger partial charge in [0.05, 0.1) is 0 Å². The van der Waals surface area contributed by atoms with Gasteiger partial charge in [-0.2, -0.15) is 8.78 Å². The van der Waals surface area contributed by atoms with E-state index in [0.29, 0.717) is 0 Å². The lowest BCUT2D eigenvalue weighted by molar-refractivity contribution is -0.0517. The fourth-order valence-corrected chi connectivity index (χ4v) is 3.96. The summed E-state index contributed by atoms with van der Waals surface area (Å²) in [5, 5.41) is 0. The van der Waals surface area contributed by atoms with Gasteiger partial charge in [-0.1, -0.05) is 19.1 Å². The molecule has 0 unspecified atom stereocenters. The molecule has 5 nitrogen and oxygen atoms in total. The number of halogens is 2. The highest BCUT2D eigenvalue weighted by molar-refractivity contribution is 7.89. The van der Waals surface area contributed by atoms with Crippen LogP contribution in [0.2, 0.25) is 0 Å². The predicted octanol–water partition coefficient (Wildman–Crippen LogP) is 2.30. The van der Waals surface area contributed by atoms with E-state index < -0.39 is 16.6 Å². The van der Waals surface area contributed by atoms with Crippen LogP contribution in [0.1, 0.15) is 19.8 Å². The Bertz CT molecular complexity index is 604. The van der Waals surface area contributed by atoms with Crippen LogP contribution < -0.4 is 9.46 Å². The zero-order chi connectivity index (χ0) is 16.9. The van der Waals surface area contributed by atoms with E-state index in [1.54, 1.807) is 0 Å². The third-order valence-corrected chi connectivity index (χ3v) is 5.21. The molecular formula is C15H22F2N2O3S. The molecule has 1 atom stereocenters. The van der Waals surface area contributed by atoms with Gasteiger partial charge >= 0.3 is 6.61 Å². The summed E-state index contributed by atoms with van der Waals surface area (Å²) in [6, 6.07) is 5.40. The second-order valence-corrected chi connectivity index (χ2v) is 7.53. The van der Waals surface area contributed by atoms with Crippen molar-refractivity contribution in [1.82, 2.24) is 9.62 Å². The van der Waals surface area contributed by atoms with Crippen LogP contribution in [0.4, 0.5) is 8.78 Å². The van der Waals surface area contributed by atoms with Gasteiger partial charge < -0.3 is 9.64 Å². The minimum Gasteiger partial charge on any atom is -0.433 e. The molecule has 1 aromatic rings. The maximum atomic E-state index is 12.4. The van der Waals surface area contributed by atoms with Crippen molar-refractivity contribution in [3.05, 3.63) is 24.3 Å². The number of nitrogens with zero attached hydrogens (tertiary/aromatic N) is 1. The van der Waals surface area contributed by atoms with E-state index in [1.807, 2.05) is 6.92 Å². The number of hydrogen-bond donors (Lipinski definition) is 1. The second-order valence-electron chi connectivity index (χ2n) is 5.79. The Morgan fingerprint density at radius 3 is 2.57 bits per heavy atom. The van der Waals surface area contributed by atoms with Crippen molar-refractivity contribution in [2.75, 3.05) is 26.2 Å². The largest absolute Gasteiger partial charge is 0.433 e. The predicted molar refractivity (Wildman–Crippen MR) is 83.1 cm³/mol. The van der Waals surface area contributed by atoms with E-state index in [4.69, 9.17) is 0 Å². The number of alkyl halides is 2. The molecule has 0 amide bonds. The number of rotatable bonds is 8. The molecule has 23 heavy (non-hydrogen) atoms. The minimum atomic E-state index is -3.89. The zero-order valence-corrected chi connectivity index (χ0v) is 13.9. The van der Waals surface area contributed by atoms with Crippen molar-refractivity contribution in [1.29, 1.82) is 0 Å². The van der Waals surface area contributed by atoms with Crippen molar-refractivity contribution < 1.29 is 21.9 Å². The standard InChI is InChI=1S/C15H22F2N2O3S/c1-12(11-19-8-4-5-9-19)10-18-23(20,21)14-7-3-2-6-13(14)22-15(16)17/h2-3,6-7,12,15,18H,4-5,8-11H2,1H3/t12-/m1/s1. The summed E-state index contributed by atoms with van der Waals surface area (Å²) in [6.45, 7) is 2.05. The van der Waals surface area contributed by atoms with Gasteiger partial charge in [0.1, 0.15) is 10.6 Å². The number of likely N-dealkylation sites (tertiary alicyclic amines) is 1. The summed E-state index contributed by atoms with van der Waals surface area (Å²) in [6.07, 6.45) is 2.35. The lowest BCUT2D eigenvalue weighted by Gasteiger charge is -2.20. The number of hydrogen-bond acceptors (Lipinski definition) is 4. The van der Waals surface area contributed by atoms with Gasteiger partial charge in [0, 0.05) is 13.1 Å². The lowest BCUT2D eigenvalue weighted by atomic mass is 10.2. The van der Waals surface area contributed by atoms with E-state index in [-0.39, 0.29) is 23.1 Å². The Hall–Kier alpha value is -1.25. The summed E-state index contributed by atoms with van der Waals surface area (Å²) >= 11 is 0. The molecule has 1 aliphatic heterocycles. The average molecular weight is 348 g/mol. The van der Waals surface area contributed by atoms with Crippen LogP contribution in [0.5, 0.6) is 5.75 Å². The van der Waals surface area contributed by atoms with Crippen LogP contribution in [-0.2, 0) is 10.0 Å². The third-order valence-electron chi connectivity index (χ3n) is 3.75. The van der Waals surface area contributed by atoms with Crippen molar-refractivity contribution in [2.24, 2.45) is 5.92 Å². The Balaban J connectivity index is 1.98. The number of nitrogens with one attached hydrogen (secondary N) is 1. The Kier molecular flexibility index (Phi) is 6.32. The average Bonchev–Trinajstić information content (AvgIpc) is 2.98. The molecule has 130 valence electrons. The van der Waals surface area contributed by atoms with Gasteiger partial charge in [0.2, 0.25) is 10.0 Å². The quantitative estimate of drug-likeness (QED) is 0.783. The SMILES string of the molecule is C[C@H](CNS(=O)(=O)c1ccccc1OC(F)F)CN1CCCC1. The van der Waals surface area contributed by atoms with Gasteiger partial charge in [-0.05, 0) is 44.0 Å². The van der Waals surface area contributed by atoms with Gasteiger partial charge in [0.15, 0.2) is 0 Å². The summed E-state index contributed by atoms with van der Waals surface area (Å²) in [7, 11) is -3.89. The lowest BCUT2D eigenvalue weighted by Crippen LogP contribution is -2.34. The molecule has 8 heteroatoms. The number of benzene rings is 1. The van der Waals surface area contributed by atoms with Crippen LogP contribution in [0.15, 0.2) is 29.2 Å². The summed E-state index contributed by atoms with van der Waals surface area (Å²) in [4.78, 5) is 2.03. The molecule has 1 N–H and O–H groups in total. The van der Waals surface area contributed by atoms with Gasteiger partial charge in [-0.25, -0.2) is 13.1 Å². The van der Waals surface area contributed by atoms with Crippen LogP contribution in [0.25, 0.3) is 0 Å². The maximum Gasteiger partial charge on any atom is 0.387 e. The van der Waals surface area contributed by atoms with Crippen LogP contribution in [0, 0.1) is 5.92 Å². The van der Waals surface area contributed by atoms with E-state index in [2.05, 4.69) is 14.4 Å². The van der Waals surface area contributed by atoms with E-state index >= 15 is 0 Å². The maximum absolute atomic E-state index is 12.4. The van der Waals surface area contributed by atoms with E-state index in [1.165, 1.54) is 37.1 Å². The van der Waals surface area contributed by atoms with Crippen LogP contribution in [0.3, 0.4) is 0 Å². The first kappa shape index (κ1) is 18.1. The summed E-state index contributed by atoms with van der Waals surface area (Å²) < 4.78 is 56.2. The van der Waals surface area contributed by atoms with Gasteiger partial charge in [-0.3, -0.25) is 0 Å². The van der Waals surface area contributed by atoms with Gasteiger partial charge in [-0.15, -0.1) is 0 Å². The second kappa shape index (κ2) is 8.03. The van der Waals surface area contributed by atoms with Crippen molar-refractivity contribution in [2.45, 2.75) is 31.3 Å². The Morgan fingerprint density at radius 2 is 1.91 bits per heavy atom. The van der Waals surface area contributed by atoms with E-state index in [9.17, 15) is 17.2 Å². The summed E-state index contributed by atoms with van der Waals surface area (Å²) in [5.74, 6) is -0.215. The molecule has 0 bridgehead atoms. The zero-order valence-electron chi connectivity index (χ0n) is 13.0. The van der Waals surface area contributed by atoms with Crippen molar-refractivity contribution in [3.8, 4) is 5.75 Å². The first-order valence-corrected chi connectivity index (χ1v) is 9.12. The fourth-order valence-electron chi connectivity index (χ4n) is 2.67. The number of sulfonamides is 1. The monoisotopic (exact) mass is 348 g/mol. The molecule has 0 spiro atoms. The smallest absolute Gasteiger partial charge is 0.387 e. The Morgan fingerprint density at radius 1 is 1.26 bits per heavy atom. The normalized spacial score (nSPS) is 17.6. The molecule has 0 radical (unpaired) electrons. The molecule has 0 aromatic heterocycles. The first-order valence-electron chi connectivity index (χ1n) is 7.64. The molecule has 1 aromatic carbocycles. The molecule has 0 aliphatic carbocycles. The highest BCUT2D eigenvalue weighted by Crippen LogP contribution is 2.24. The molecule has 1 heterocycles. The third kappa shape index (κ3) is 5.40. The van der Waals surface area contributed by atoms with Crippen molar-refractivity contribution >= 4 is 10.0 Å². The Labute approximate surface area is 135 Å². The highest BCUT2D eigenvalue weighted by atomic mass is 32.2. The van der Waals surface area contributed by atoms with E-state index in [0.717, 1.165) is 19.6 Å². The fraction of sp³-hybridized carbons (Fsp3) is 0.600. The molecule has 0 saturated carbocycles. The number of para-hydroxylation sites is 1. The molecule has 1 aliphatic rings. The van der Waals surface area contributed by atoms with Crippen LogP contribution in [-0.4, -0.2) is 46.1 Å². The van der Waals surface area contributed by atoms with Gasteiger partial charge in [0.25, 0.3) is 0 Å². The first-order chi connectivity index (χ1) is 10.9. The molecule has 1 saturated heterocycles. The topological polar surface area (TPSA) is 58.6 Å². The molecular weight excluding hydrogens is 326 g/mol. The molecule has 1 fully saturated rings. The number of ether oxygens (including phenoxy) is 1. The minimum absolute atomic E-state index is 0.131. The highest BCUT2D eigenvalue weighted by Gasteiger charge is 2.22. The summed E-state index contributed by atoms with van der Waals surface area (Å²) in [5.41, 5.74) is 0. The van der Waals surface area contributed by atoms with Crippen molar-refractivity contribution in [3.63, 3.8) is 0 Å². The molecule has 2 rings (SSSR count).